The molecule has 1 aliphatic heterocycles. The van der Waals surface area contributed by atoms with Crippen LogP contribution in [0.25, 0.3) is 0 Å². The van der Waals surface area contributed by atoms with Crippen molar-refractivity contribution in [1.82, 2.24) is 0 Å². The molecule has 3 N–H and O–H groups in total. The van der Waals surface area contributed by atoms with E-state index in [1.54, 1.807) is 0 Å². The molecule has 10 nitrogen and oxygen atoms in total. The molecular weight excluding hydrogens is 400 g/mol. The maximum atomic E-state index is 12.6. The summed E-state index contributed by atoms with van der Waals surface area (Å²) in [5.41, 5.74) is -8.81. The van der Waals surface area contributed by atoms with Gasteiger partial charge in [-0.2, -0.15) is 0 Å². The number of hydrogen-bond donors (Lipinski definition) is 3. The minimum absolute atomic E-state index is 0.0107. The highest BCUT2D eigenvalue weighted by Crippen LogP contribution is 2.56. The Balaban J connectivity index is 2.89. The van der Waals surface area contributed by atoms with Gasteiger partial charge in [-0.3, -0.25) is 19.2 Å². The van der Waals surface area contributed by atoms with Crippen LogP contribution in [0.4, 0.5) is 0 Å². The first-order chi connectivity index (χ1) is 13.8. The third-order valence-corrected chi connectivity index (χ3v) is 5.42. The standard InChI is InChI=1S/C20H24O10/c1-10(22)18(9-21)20(27,12(3)24)19(26,11(2)23)17(30-18)15-8-14(29-13(4)25)6-7-16(15)28-5/h6-8,17,21,26-27H,9H2,1-5H3/t17-,18-,19-,20+/m0/s1. The fourth-order valence-electron chi connectivity index (χ4n) is 3.90. The minimum atomic E-state index is -3.11. The molecule has 1 fully saturated rings. The zero-order chi connectivity index (χ0) is 23.1. The second-order valence-corrected chi connectivity index (χ2v) is 7.13. The van der Waals surface area contributed by atoms with Crippen molar-refractivity contribution >= 4 is 23.3 Å². The van der Waals surface area contributed by atoms with Crippen molar-refractivity contribution in [1.29, 1.82) is 0 Å². The zero-order valence-electron chi connectivity index (χ0n) is 17.2. The lowest BCUT2D eigenvalue weighted by molar-refractivity contribution is -0.195. The fourth-order valence-corrected chi connectivity index (χ4v) is 3.90. The van der Waals surface area contributed by atoms with Crippen LogP contribution >= 0.6 is 0 Å². The Kier molecular flexibility index (Phi) is 6.20. The largest absolute Gasteiger partial charge is 0.496 e. The number of carbonyl (C=O) groups excluding carboxylic acids is 4. The number of benzene rings is 1. The summed E-state index contributed by atoms with van der Waals surface area (Å²) in [7, 11) is 1.27. The molecule has 0 amide bonds. The summed E-state index contributed by atoms with van der Waals surface area (Å²) in [6.07, 6.45) is -1.83. The van der Waals surface area contributed by atoms with Crippen LogP contribution in [0.15, 0.2) is 18.2 Å². The highest BCUT2D eigenvalue weighted by Gasteiger charge is 2.79. The number of ketones is 3. The van der Waals surface area contributed by atoms with Crippen molar-refractivity contribution in [3.8, 4) is 11.5 Å². The quantitative estimate of drug-likeness (QED) is 0.390. The Morgan fingerprint density at radius 3 is 2.03 bits per heavy atom. The lowest BCUT2D eigenvalue weighted by Gasteiger charge is -2.41. The summed E-state index contributed by atoms with van der Waals surface area (Å²) in [6.45, 7) is 2.67. The van der Waals surface area contributed by atoms with Crippen LogP contribution in [-0.2, 0) is 23.9 Å². The predicted molar refractivity (Wildman–Crippen MR) is 99.9 cm³/mol. The van der Waals surface area contributed by atoms with Gasteiger partial charge >= 0.3 is 5.97 Å². The lowest BCUT2D eigenvalue weighted by atomic mass is 9.66. The number of aliphatic hydroxyl groups excluding tert-OH is 1. The van der Waals surface area contributed by atoms with Gasteiger partial charge in [0, 0.05) is 12.5 Å². The van der Waals surface area contributed by atoms with Crippen LogP contribution in [0.2, 0.25) is 0 Å². The zero-order valence-corrected chi connectivity index (χ0v) is 17.2. The van der Waals surface area contributed by atoms with Crippen LogP contribution in [0.1, 0.15) is 39.4 Å². The fraction of sp³-hybridized carbons (Fsp3) is 0.500. The van der Waals surface area contributed by atoms with Gasteiger partial charge in [0.05, 0.1) is 13.7 Å². The maximum absolute atomic E-state index is 12.6. The molecular formula is C20H24O10. The molecule has 1 heterocycles. The highest BCUT2D eigenvalue weighted by molar-refractivity contribution is 6.06. The van der Waals surface area contributed by atoms with Gasteiger partial charge < -0.3 is 29.5 Å². The second-order valence-electron chi connectivity index (χ2n) is 7.13. The Bertz CT molecular complexity index is 909. The van der Waals surface area contributed by atoms with Gasteiger partial charge in [-0.1, -0.05) is 0 Å². The normalized spacial score (nSPS) is 30.6. The summed E-state index contributed by atoms with van der Waals surface area (Å²) in [6, 6.07) is 3.91. The smallest absolute Gasteiger partial charge is 0.308 e. The lowest BCUT2D eigenvalue weighted by Crippen LogP contribution is -2.72. The van der Waals surface area contributed by atoms with Gasteiger partial charge in [0.2, 0.25) is 0 Å². The van der Waals surface area contributed by atoms with Crippen LogP contribution < -0.4 is 9.47 Å². The van der Waals surface area contributed by atoms with E-state index in [0.29, 0.717) is 0 Å². The maximum Gasteiger partial charge on any atom is 0.308 e. The average molecular weight is 424 g/mol. The van der Waals surface area contributed by atoms with Gasteiger partial charge in [-0.25, -0.2) is 0 Å². The van der Waals surface area contributed by atoms with Crippen molar-refractivity contribution in [2.45, 2.75) is 50.6 Å². The predicted octanol–water partition coefficient (Wildman–Crippen LogP) is -0.348. The Morgan fingerprint density at radius 1 is 1.03 bits per heavy atom. The Morgan fingerprint density at radius 2 is 1.63 bits per heavy atom. The van der Waals surface area contributed by atoms with E-state index in [-0.39, 0.29) is 17.1 Å². The van der Waals surface area contributed by atoms with E-state index >= 15 is 0 Å². The first-order valence-electron chi connectivity index (χ1n) is 8.96. The molecule has 0 bridgehead atoms. The molecule has 0 radical (unpaired) electrons. The topological polar surface area (TPSA) is 157 Å². The molecule has 0 unspecified atom stereocenters. The molecule has 0 aliphatic carbocycles. The summed E-state index contributed by atoms with van der Waals surface area (Å²) < 4.78 is 15.9. The average Bonchev–Trinajstić information content (AvgIpc) is 2.88. The summed E-state index contributed by atoms with van der Waals surface area (Å²) in [5.74, 6) is -3.88. The highest BCUT2D eigenvalue weighted by atomic mass is 16.6. The van der Waals surface area contributed by atoms with E-state index in [9.17, 15) is 34.5 Å². The molecule has 0 saturated carbocycles. The van der Waals surface area contributed by atoms with Crippen LogP contribution in [0.3, 0.4) is 0 Å². The monoisotopic (exact) mass is 424 g/mol. The third kappa shape index (κ3) is 3.03. The number of rotatable bonds is 7. The van der Waals surface area contributed by atoms with E-state index in [2.05, 4.69) is 0 Å². The second kappa shape index (κ2) is 7.88. The summed E-state index contributed by atoms with van der Waals surface area (Å²) >= 11 is 0. The van der Waals surface area contributed by atoms with Crippen molar-refractivity contribution in [2.24, 2.45) is 0 Å². The molecule has 2 rings (SSSR count). The van der Waals surface area contributed by atoms with Gasteiger partial charge in [0.15, 0.2) is 34.2 Å². The van der Waals surface area contributed by atoms with Gasteiger partial charge in [-0.05, 0) is 39.0 Å². The molecule has 1 aromatic rings. The molecule has 164 valence electrons. The number of ether oxygens (including phenoxy) is 3. The number of esters is 1. The van der Waals surface area contributed by atoms with Crippen molar-refractivity contribution < 1.29 is 48.7 Å². The number of aliphatic hydroxyl groups is 3. The van der Waals surface area contributed by atoms with Crippen molar-refractivity contribution in [3.63, 3.8) is 0 Å². The van der Waals surface area contributed by atoms with Crippen LogP contribution in [0.5, 0.6) is 11.5 Å². The number of hydrogen-bond acceptors (Lipinski definition) is 10. The van der Waals surface area contributed by atoms with Gasteiger partial charge in [0.25, 0.3) is 0 Å². The van der Waals surface area contributed by atoms with E-state index in [0.717, 1.165) is 27.7 Å². The molecule has 4 atom stereocenters. The van der Waals surface area contributed by atoms with E-state index in [1.807, 2.05) is 0 Å². The van der Waals surface area contributed by atoms with Crippen molar-refractivity contribution in [2.75, 3.05) is 13.7 Å². The third-order valence-electron chi connectivity index (χ3n) is 5.42. The minimum Gasteiger partial charge on any atom is -0.496 e. The molecule has 0 aromatic heterocycles. The summed E-state index contributed by atoms with van der Waals surface area (Å²) in [5, 5.41) is 32.7. The van der Waals surface area contributed by atoms with E-state index in [4.69, 9.17) is 14.2 Å². The van der Waals surface area contributed by atoms with E-state index in [1.165, 1.54) is 25.3 Å². The Labute approximate surface area is 172 Å². The Hall–Kier alpha value is -2.66. The number of methoxy groups -OCH3 is 1. The van der Waals surface area contributed by atoms with Crippen LogP contribution in [0, 0.1) is 0 Å². The molecule has 30 heavy (non-hydrogen) atoms. The van der Waals surface area contributed by atoms with Gasteiger partial charge in [0.1, 0.15) is 17.6 Å². The molecule has 0 spiro atoms. The van der Waals surface area contributed by atoms with E-state index < -0.39 is 52.8 Å². The molecule has 10 heteroatoms. The SMILES string of the molecule is COc1ccc(OC(C)=O)cc1[C@@H]1O[C@@](CO)(C(C)=O)[C@](O)(C(C)=O)[C@]1(O)C(C)=O. The molecule has 1 aromatic carbocycles. The summed E-state index contributed by atoms with van der Waals surface area (Å²) in [4.78, 5) is 48.9. The molecule has 1 aliphatic rings. The van der Waals surface area contributed by atoms with Crippen molar-refractivity contribution in [3.05, 3.63) is 23.8 Å². The number of Topliss-reactive ketones (excluding diaryl/α,β-unsaturated/α-hetero) is 3. The number of carbonyl (C=O) groups is 4. The molecule has 1 saturated heterocycles. The first kappa shape index (κ1) is 23.6. The van der Waals surface area contributed by atoms with Gasteiger partial charge in [-0.15, -0.1) is 0 Å². The first-order valence-corrected chi connectivity index (χ1v) is 8.96. The van der Waals surface area contributed by atoms with Crippen LogP contribution in [-0.4, -0.2) is 69.2 Å².